The molecule has 1 rings (SSSR count). The van der Waals surface area contributed by atoms with E-state index in [-0.39, 0.29) is 6.10 Å². The zero-order valence-electron chi connectivity index (χ0n) is 9.99. The van der Waals surface area contributed by atoms with E-state index in [4.69, 9.17) is 4.74 Å². The van der Waals surface area contributed by atoms with Crippen molar-refractivity contribution in [1.29, 1.82) is 0 Å². The summed E-state index contributed by atoms with van der Waals surface area (Å²) < 4.78 is 49.1. The number of phosphoric acid groups is 2. The summed E-state index contributed by atoms with van der Waals surface area (Å²) in [6, 6.07) is 0. The van der Waals surface area contributed by atoms with Crippen LogP contribution < -0.4 is 14.7 Å². The van der Waals surface area contributed by atoms with Crippen molar-refractivity contribution in [3.05, 3.63) is 0 Å². The largest absolute Gasteiger partial charge is 0.778 e. The van der Waals surface area contributed by atoms with Crippen LogP contribution in [0.3, 0.4) is 0 Å². The minimum absolute atomic E-state index is 0.0269. The molecule has 0 aromatic carbocycles. The van der Waals surface area contributed by atoms with Crippen molar-refractivity contribution in [2.45, 2.75) is 25.6 Å². The highest BCUT2D eigenvalue weighted by Crippen LogP contribution is 2.61. The predicted octanol–water partition coefficient (Wildman–Crippen LogP) is -0.666. The van der Waals surface area contributed by atoms with Crippen molar-refractivity contribution < 1.29 is 46.3 Å². The second-order valence-corrected chi connectivity index (χ2v) is 8.83. The van der Waals surface area contributed by atoms with Gasteiger partial charge in [0.2, 0.25) is 0 Å². The Hall–Kier alpha value is 0.410. The Bertz CT molecular complexity index is 450. The van der Waals surface area contributed by atoms with Crippen LogP contribution in [0.1, 0.15) is 13.3 Å². The maximum Gasteiger partial charge on any atom is 0.279 e. The smallest absolute Gasteiger partial charge is 0.279 e. The third-order valence-electron chi connectivity index (χ3n) is 1.89. The van der Waals surface area contributed by atoms with E-state index in [0.717, 1.165) is 0 Å². The van der Waals surface area contributed by atoms with Crippen LogP contribution in [-0.4, -0.2) is 25.5 Å². The van der Waals surface area contributed by atoms with Gasteiger partial charge in [-0.25, -0.2) is 4.31 Å². The molecule has 1 heterocycles. The second-order valence-electron chi connectivity index (χ2n) is 3.93. The van der Waals surface area contributed by atoms with Gasteiger partial charge in [-0.05, 0) is 6.92 Å². The summed E-state index contributed by atoms with van der Waals surface area (Å²) in [5.41, 5.74) is 0. The number of ether oxygens (including phenoxy) is 1. The van der Waals surface area contributed by atoms with Crippen LogP contribution in [0.5, 0.6) is 0 Å². The normalized spacial score (nSPS) is 32.7. The first-order chi connectivity index (χ1) is 8.39. The van der Waals surface area contributed by atoms with Gasteiger partial charge in [0.05, 0.1) is 18.8 Å². The lowest BCUT2D eigenvalue weighted by Gasteiger charge is -2.37. The molecule has 0 amide bonds. The molecule has 0 aromatic heterocycles. The van der Waals surface area contributed by atoms with Crippen molar-refractivity contribution in [3.63, 3.8) is 0 Å². The van der Waals surface area contributed by atoms with Crippen molar-refractivity contribution in [2.75, 3.05) is 13.3 Å². The summed E-state index contributed by atoms with van der Waals surface area (Å²) in [6.07, 6.45) is 0.0431. The van der Waals surface area contributed by atoms with Gasteiger partial charge in [0.25, 0.3) is 15.6 Å². The minimum Gasteiger partial charge on any atom is -0.778 e. The molecule has 114 valence electrons. The molecular weight excluding hydrogens is 325 g/mol. The van der Waals surface area contributed by atoms with Gasteiger partial charge in [-0.15, -0.1) is 0 Å². The lowest BCUT2D eigenvalue weighted by Crippen LogP contribution is -2.38. The number of phosphoric ester groups is 1. The van der Waals surface area contributed by atoms with Gasteiger partial charge in [0.1, 0.15) is 7.60 Å². The van der Waals surface area contributed by atoms with Crippen LogP contribution in [-0.2, 0) is 31.6 Å². The van der Waals surface area contributed by atoms with Crippen molar-refractivity contribution >= 4 is 23.2 Å². The molecule has 5 unspecified atom stereocenters. The van der Waals surface area contributed by atoms with Crippen LogP contribution in [0.25, 0.3) is 0 Å². The average Bonchev–Trinajstić information content (AvgIpc) is 2.03. The zero-order chi connectivity index (χ0) is 14.9. The second kappa shape index (κ2) is 6.03. The third-order valence-corrected chi connectivity index (χ3v) is 5.94. The maximum atomic E-state index is 11.1. The SMILES string of the molecule is CC1CC(COP(=O)([O-])OP(=O)([O-])OP(C)(=O)[O-])O1. The molecule has 0 bridgehead atoms. The lowest BCUT2D eigenvalue weighted by molar-refractivity contribution is -0.247. The highest BCUT2D eigenvalue weighted by atomic mass is 31.3. The van der Waals surface area contributed by atoms with E-state index in [2.05, 4.69) is 13.1 Å². The van der Waals surface area contributed by atoms with Crippen LogP contribution in [0.2, 0.25) is 0 Å². The number of hydrogen-bond acceptors (Lipinski definition) is 10. The van der Waals surface area contributed by atoms with E-state index in [0.29, 0.717) is 13.1 Å². The molecule has 5 atom stereocenters. The van der Waals surface area contributed by atoms with E-state index < -0.39 is 36.0 Å². The molecule has 0 saturated carbocycles. The van der Waals surface area contributed by atoms with Gasteiger partial charge in [0.15, 0.2) is 0 Å². The van der Waals surface area contributed by atoms with Gasteiger partial charge in [-0.1, -0.05) is 0 Å². The monoisotopic (exact) mass is 337 g/mol. The fourth-order valence-electron chi connectivity index (χ4n) is 1.31. The first-order valence-corrected chi connectivity index (χ1v) is 9.93. The fourth-order valence-corrected chi connectivity index (χ4v) is 4.67. The van der Waals surface area contributed by atoms with Crippen LogP contribution in [0, 0.1) is 0 Å². The highest BCUT2D eigenvalue weighted by Gasteiger charge is 2.29. The molecule has 1 saturated heterocycles. The molecule has 1 fully saturated rings. The molecule has 0 radical (unpaired) electrons. The quantitative estimate of drug-likeness (QED) is 0.546. The summed E-state index contributed by atoms with van der Waals surface area (Å²) in [6.45, 7) is 1.78. The summed E-state index contributed by atoms with van der Waals surface area (Å²) in [4.78, 5) is 32.7. The molecule has 13 heteroatoms. The topological polar surface area (TPSA) is 157 Å². The van der Waals surface area contributed by atoms with Gasteiger partial charge in [0, 0.05) is 13.1 Å². The molecule has 1 aliphatic rings. The van der Waals surface area contributed by atoms with Crippen LogP contribution >= 0.6 is 23.2 Å². The summed E-state index contributed by atoms with van der Waals surface area (Å²) in [5, 5.41) is 0. The van der Waals surface area contributed by atoms with Gasteiger partial charge < -0.3 is 28.5 Å². The molecule has 0 aromatic rings. The number of rotatable bonds is 7. The summed E-state index contributed by atoms with van der Waals surface area (Å²) in [5.74, 6) is 0. The summed E-state index contributed by atoms with van der Waals surface area (Å²) in [7, 11) is -15.5. The van der Waals surface area contributed by atoms with E-state index in [9.17, 15) is 28.4 Å². The van der Waals surface area contributed by atoms with Crippen LogP contribution in [0.15, 0.2) is 0 Å². The Kier molecular flexibility index (Phi) is 5.55. The van der Waals surface area contributed by atoms with Crippen molar-refractivity contribution in [3.8, 4) is 0 Å². The van der Waals surface area contributed by atoms with E-state index in [1.165, 1.54) is 0 Å². The Labute approximate surface area is 109 Å². The molecular formula is C6H12O10P3-3. The molecule has 19 heavy (non-hydrogen) atoms. The van der Waals surface area contributed by atoms with E-state index in [1.54, 1.807) is 6.92 Å². The van der Waals surface area contributed by atoms with Gasteiger partial charge in [-0.2, -0.15) is 0 Å². The molecule has 1 aliphatic heterocycles. The zero-order valence-corrected chi connectivity index (χ0v) is 12.7. The Morgan fingerprint density at radius 3 is 2.11 bits per heavy atom. The molecule has 10 nitrogen and oxygen atoms in total. The first-order valence-electron chi connectivity index (χ1n) is 5.02. The Balaban J connectivity index is 2.46. The standard InChI is InChI=1S/C6H15O10P3/c1-5-3-6(14-5)4-13-18(9,10)16-19(11,12)15-17(2,7)8/h5-6H,3-4H2,1-2H3,(H,7,8)(H,9,10)(H,11,12)/p-3. The Morgan fingerprint density at radius 1 is 1.16 bits per heavy atom. The van der Waals surface area contributed by atoms with Gasteiger partial charge >= 0.3 is 0 Å². The van der Waals surface area contributed by atoms with Crippen molar-refractivity contribution in [1.82, 2.24) is 0 Å². The maximum absolute atomic E-state index is 11.1. The molecule has 0 aliphatic carbocycles. The minimum atomic E-state index is -5.57. The van der Waals surface area contributed by atoms with Gasteiger partial charge in [-0.3, -0.25) is 13.4 Å². The highest BCUT2D eigenvalue weighted by molar-refractivity contribution is 7.66. The Morgan fingerprint density at radius 2 is 1.68 bits per heavy atom. The first kappa shape index (κ1) is 17.5. The molecule has 0 spiro atoms. The van der Waals surface area contributed by atoms with E-state index >= 15 is 0 Å². The third kappa shape index (κ3) is 7.11. The van der Waals surface area contributed by atoms with Crippen LogP contribution in [0.4, 0.5) is 0 Å². The lowest BCUT2D eigenvalue weighted by atomic mass is 10.1. The fraction of sp³-hybridized carbons (Fsp3) is 1.00. The predicted molar refractivity (Wildman–Crippen MR) is 55.8 cm³/mol. The van der Waals surface area contributed by atoms with Crippen molar-refractivity contribution in [2.24, 2.45) is 0 Å². The van der Waals surface area contributed by atoms with E-state index in [1.807, 2.05) is 0 Å². The summed E-state index contributed by atoms with van der Waals surface area (Å²) >= 11 is 0. The number of hydrogen-bond donors (Lipinski definition) is 0. The molecule has 0 N–H and O–H groups in total. The average molecular weight is 337 g/mol.